The molecule has 0 bridgehead atoms. The van der Waals surface area contributed by atoms with E-state index in [0.717, 1.165) is 36.2 Å². The van der Waals surface area contributed by atoms with Gasteiger partial charge in [0.25, 0.3) is 0 Å². The molecule has 0 heterocycles. The Morgan fingerprint density at radius 1 is 1.06 bits per heavy atom. The molecule has 0 fully saturated rings. The van der Waals surface area contributed by atoms with Crippen molar-refractivity contribution in [3.8, 4) is 0 Å². The average Bonchev–Trinajstić information content (AvgIpc) is 2.32. The Labute approximate surface area is 111 Å². The van der Waals surface area contributed by atoms with E-state index in [4.69, 9.17) is 0 Å². The molecule has 0 aliphatic carbocycles. The number of carbonyl (C=O) groups is 1. The highest BCUT2D eigenvalue weighted by molar-refractivity contribution is 5.99. The van der Waals surface area contributed by atoms with Gasteiger partial charge in [0.05, 0.1) is 0 Å². The first kappa shape index (κ1) is 14.9. The lowest BCUT2D eigenvalue weighted by Gasteiger charge is -2.14. The fourth-order valence-corrected chi connectivity index (χ4v) is 2.26. The van der Waals surface area contributed by atoms with Crippen molar-refractivity contribution in [1.29, 1.82) is 0 Å². The van der Waals surface area contributed by atoms with Crippen LogP contribution in [0.4, 0.5) is 0 Å². The van der Waals surface area contributed by atoms with E-state index in [1.165, 1.54) is 11.1 Å². The molecule has 0 aliphatic rings. The summed E-state index contributed by atoms with van der Waals surface area (Å²) in [6, 6.07) is 2.16. The second-order valence-electron chi connectivity index (χ2n) is 5.06. The minimum absolute atomic E-state index is 0.264. The van der Waals surface area contributed by atoms with Gasteiger partial charge in [0.2, 0.25) is 0 Å². The van der Waals surface area contributed by atoms with Gasteiger partial charge in [-0.3, -0.25) is 4.79 Å². The summed E-state index contributed by atoms with van der Waals surface area (Å²) < 4.78 is 0. The van der Waals surface area contributed by atoms with Gasteiger partial charge < -0.3 is 5.32 Å². The Hall–Kier alpha value is -1.15. The van der Waals surface area contributed by atoms with Crippen molar-refractivity contribution in [1.82, 2.24) is 5.32 Å². The van der Waals surface area contributed by atoms with Crippen molar-refractivity contribution < 1.29 is 4.79 Å². The van der Waals surface area contributed by atoms with Gasteiger partial charge in [-0.1, -0.05) is 13.0 Å². The molecular weight excluding hydrogens is 222 g/mol. The Morgan fingerprint density at radius 2 is 1.61 bits per heavy atom. The Balaban J connectivity index is 2.85. The summed E-state index contributed by atoms with van der Waals surface area (Å²) >= 11 is 0. The van der Waals surface area contributed by atoms with Gasteiger partial charge in [-0.15, -0.1) is 0 Å². The average molecular weight is 247 g/mol. The number of nitrogens with one attached hydrogen (secondary N) is 1. The molecule has 100 valence electrons. The highest BCUT2D eigenvalue weighted by atomic mass is 16.1. The zero-order chi connectivity index (χ0) is 13.7. The van der Waals surface area contributed by atoms with Gasteiger partial charge >= 0.3 is 0 Å². The summed E-state index contributed by atoms with van der Waals surface area (Å²) in [5.74, 6) is 0.264. The number of ketones is 1. The highest BCUT2D eigenvalue weighted by Gasteiger charge is 2.15. The third kappa shape index (κ3) is 3.42. The van der Waals surface area contributed by atoms with E-state index in [1.54, 1.807) is 0 Å². The summed E-state index contributed by atoms with van der Waals surface area (Å²) in [7, 11) is 0. The van der Waals surface area contributed by atoms with E-state index < -0.39 is 0 Å². The number of hydrogen-bond acceptors (Lipinski definition) is 2. The van der Waals surface area contributed by atoms with Crippen LogP contribution in [0, 0.1) is 27.7 Å². The maximum Gasteiger partial charge on any atom is 0.164 e. The number of hydrogen-bond donors (Lipinski definition) is 1. The smallest absolute Gasteiger partial charge is 0.164 e. The summed E-state index contributed by atoms with van der Waals surface area (Å²) in [4.78, 5) is 12.3. The summed E-state index contributed by atoms with van der Waals surface area (Å²) in [6.07, 6.45) is 1.69. The third-order valence-electron chi connectivity index (χ3n) is 3.60. The maximum absolute atomic E-state index is 12.3. The van der Waals surface area contributed by atoms with Crippen LogP contribution >= 0.6 is 0 Å². The van der Waals surface area contributed by atoms with Gasteiger partial charge in [0, 0.05) is 18.5 Å². The van der Waals surface area contributed by atoms with E-state index in [0.29, 0.717) is 6.42 Å². The second kappa shape index (κ2) is 6.69. The van der Waals surface area contributed by atoms with Crippen LogP contribution in [0.2, 0.25) is 0 Å². The fraction of sp³-hybridized carbons (Fsp3) is 0.562. The minimum atomic E-state index is 0.264. The maximum atomic E-state index is 12.3. The first-order chi connectivity index (χ1) is 8.49. The summed E-state index contributed by atoms with van der Waals surface area (Å²) in [6.45, 7) is 12.1. The van der Waals surface area contributed by atoms with E-state index in [1.807, 2.05) is 0 Å². The minimum Gasteiger partial charge on any atom is -0.316 e. The predicted molar refractivity (Wildman–Crippen MR) is 77.5 cm³/mol. The zero-order valence-corrected chi connectivity index (χ0v) is 12.3. The quantitative estimate of drug-likeness (QED) is 0.616. The highest BCUT2D eigenvalue weighted by Crippen LogP contribution is 2.22. The Morgan fingerprint density at radius 3 is 2.11 bits per heavy atom. The zero-order valence-electron chi connectivity index (χ0n) is 12.3. The molecule has 0 atom stereocenters. The number of aryl methyl sites for hydroxylation is 2. The molecule has 1 aromatic carbocycles. The molecule has 18 heavy (non-hydrogen) atoms. The van der Waals surface area contributed by atoms with Crippen molar-refractivity contribution in [3.63, 3.8) is 0 Å². The van der Waals surface area contributed by atoms with Crippen molar-refractivity contribution in [3.05, 3.63) is 33.9 Å². The number of Topliss-reactive ketones (excluding diaryl/α,β-unsaturated/α-hetero) is 1. The first-order valence-electron chi connectivity index (χ1n) is 6.80. The Bertz CT molecular complexity index is 409. The number of rotatable bonds is 6. The fourth-order valence-electron chi connectivity index (χ4n) is 2.26. The van der Waals surface area contributed by atoms with Crippen LogP contribution < -0.4 is 5.32 Å². The van der Waals surface area contributed by atoms with Crippen LogP contribution in [0.3, 0.4) is 0 Å². The molecule has 0 unspecified atom stereocenters. The van der Waals surface area contributed by atoms with Crippen LogP contribution in [0.1, 0.15) is 52.4 Å². The second-order valence-corrected chi connectivity index (χ2v) is 5.06. The predicted octanol–water partition coefficient (Wildman–Crippen LogP) is 3.49. The van der Waals surface area contributed by atoms with Crippen LogP contribution in [0.5, 0.6) is 0 Å². The standard InChI is InChI=1S/C16H25NO/c1-6-8-17-9-7-15(18)16-13(4)11(2)10-12(3)14(16)5/h10,17H,6-9H2,1-5H3. The van der Waals surface area contributed by atoms with Crippen molar-refractivity contribution in [2.45, 2.75) is 47.5 Å². The lowest BCUT2D eigenvalue weighted by Crippen LogP contribution is -2.20. The normalized spacial score (nSPS) is 10.7. The van der Waals surface area contributed by atoms with Gasteiger partial charge in [-0.05, 0) is 62.9 Å². The molecule has 1 aromatic rings. The largest absolute Gasteiger partial charge is 0.316 e. The molecule has 1 rings (SSSR count). The third-order valence-corrected chi connectivity index (χ3v) is 3.60. The molecule has 2 heteroatoms. The number of carbonyl (C=O) groups excluding carboxylic acids is 1. The molecule has 0 saturated carbocycles. The molecule has 1 N–H and O–H groups in total. The van der Waals surface area contributed by atoms with Crippen LogP contribution in [0.25, 0.3) is 0 Å². The first-order valence-corrected chi connectivity index (χ1v) is 6.80. The van der Waals surface area contributed by atoms with Gasteiger partial charge in [-0.25, -0.2) is 0 Å². The monoisotopic (exact) mass is 247 g/mol. The van der Waals surface area contributed by atoms with Crippen molar-refractivity contribution in [2.75, 3.05) is 13.1 Å². The lowest BCUT2D eigenvalue weighted by molar-refractivity contribution is 0.0981. The van der Waals surface area contributed by atoms with Crippen LogP contribution in [-0.4, -0.2) is 18.9 Å². The molecule has 0 spiro atoms. The number of benzene rings is 1. The SMILES string of the molecule is CCCNCCC(=O)c1c(C)c(C)cc(C)c1C. The summed E-state index contributed by atoms with van der Waals surface area (Å²) in [5, 5.41) is 3.28. The Kier molecular flexibility index (Phi) is 5.54. The van der Waals surface area contributed by atoms with E-state index in [-0.39, 0.29) is 5.78 Å². The van der Waals surface area contributed by atoms with Crippen molar-refractivity contribution in [2.24, 2.45) is 0 Å². The lowest BCUT2D eigenvalue weighted by atomic mass is 9.91. The van der Waals surface area contributed by atoms with Crippen LogP contribution in [-0.2, 0) is 0 Å². The van der Waals surface area contributed by atoms with E-state index in [9.17, 15) is 4.79 Å². The molecule has 0 aromatic heterocycles. The van der Waals surface area contributed by atoms with E-state index in [2.05, 4.69) is 46.0 Å². The summed E-state index contributed by atoms with van der Waals surface area (Å²) in [5.41, 5.74) is 5.63. The molecule has 2 nitrogen and oxygen atoms in total. The van der Waals surface area contributed by atoms with Crippen LogP contribution in [0.15, 0.2) is 6.07 Å². The molecule has 0 aliphatic heterocycles. The molecule has 0 amide bonds. The van der Waals surface area contributed by atoms with Gasteiger partial charge in [0.1, 0.15) is 0 Å². The molecule has 0 saturated heterocycles. The van der Waals surface area contributed by atoms with Gasteiger partial charge in [0.15, 0.2) is 5.78 Å². The van der Waals surface area contributed by atoms with E-state index >= 15 is 0 Å². The molecular formula is C16H25NO. The van der Waals surface area contributed by atoms with Crippen molar-refractivity contribution >= 4 is 5.78 Å². The molecule has 0 radical (unpaired) electrons. The van der Waals surface area contributed by atoms with Gasteiger partial charge in [-0.2, -0.15) is 0 Å². The topological polar surface area (TPSA) is 29.1 Å².